The molecule has 0 heterocycles. The highest BCUT2D eigenvalue weighted by atomic mass is 32.2. The van der Waals surface area contributed by atoms with E-state index in [-0.39, 0.29) is 22.8 Å². The molecule has 2 rings (SSSR count). The maximum absolute atomic E-state index is 12.2. The monoisotopic (exact) mass is 388 g/mol. The van der Waals surface area contributed by atoms with Gasteiger partial charge in [0, 0.05) is 18.5 Å². The molecule has 0 aromatic heterocycles. The molecule has 0 bridgehead atoms. The lowest BCUT2D eigenvalue weighted by Gasteiger charge is -2.20. The van der Waals surface area contributed by atoms with Gasteiger partial charge < -0.3 is 5.32 Å². The first-order valence-corrected chi connectivity index (χ1v) is 10.7. The van der Waals surface area contributed by atoms with Crippen LogP contribution >= 0.6 is 0 Å². The summed E-state index contributed by atoms with van der Waals surface area (Å²) < 4.78 is 22.9. The molecule has 0 atom stereocenters. The Hall–Kier alpha value is -2.18. The molecule has 0 aliphatic carbocycles. The van der Waals surface area contributed by atoms with Gasteiger partial charge >= 0.3 is 0 Å². The number of anilines is 1. The Bertz CT molecular complexity index is 881. The van der Waals surface area contributed by atoms with Crippen LogP contribution in [0.25, 0.3) is 0 Å². The van der Waals surface area contributed by atoms with Gasteiger partial charge in [-0.1, -0.05) is 45.0 Å². The molecule has 0 saturated heterocycles. The number of carbonyl (C=O) groups is 1. The average molecular weight is 389 g/mol. The Balaban J connectivity index is 1.90. The predicted octanol–water partition coefficient (Wildman–Crippen LogP) is 3.46. The van der Waals surface area contributed by atoms with Crippen LogP contribution in [-0.2, 0) is 26.6 Å². The normalized spacial score (nSPS) is 12.2. The summed E-state index contributed by atoms with van der Waals surface area (Å²) in [5, 5.41) is 2.79. The molecule has 1 amide bonds. The molecular formula is C21H28N2O3S. The first-order chi connectivity index (χ1) is 12.4. The molecule has 27 heavy (non-hydrogen) atoms. The van der Waals surface area contributed by atoms with Crippen LogP contribution in [0.2, 0.25) is 0 Å². The maximum atomic E-state index is 12.2. The van der Waals surface area contributed by atoms with Crippen LogP contribution in [0.15, 0.2) is 53.4 Å². The summed E-state index contributed by atoms with van der Waals surface area (Å²) in [6.07, 6.45) is 1.16. The van der Waals surface area contributed by atoms with Gasteiger partial charge in [-0.25, -0.2) is 8.42 Å². The standard InChI is InChI=1S/C21H28N2O3S/c1-21(2,3)17-8-6-16(7-9-17)14-23(4)15-20(24)22-18-10-12-19(13-11-18)27(5,25)26/h6-13H,14-15H2,1-5H3,(H,22,24). The van der Waals surface area contributed by atoms with Crippen molar-refractivity contribution in [2.75, 3.05) is 25.2 Å². The van der Waals surface area contributed by atoms with E-state index in [1.54, 1.807) is 12.1 Å². The molecule has 6 heteroatoms. The molecule has 0 unspecified atom stereocenters. The highest BCUT2D eigenvalue weighted by Crippen LogP contribution is 2.22. The van der Waals surface area contributed by atoms with E-state index in [0.29, 0.717) is 12.2 Å². The minimum atomic E-state index is -3.24. The van der Waals surface area contributed by atoms with Crippen LogP contribution in [0.1, 0.15) is 31.9 Å². The van der Waals surface area contributed by atoms with Crippen LogP contribution in [0.5, 0.6) is 0 Å². The zero-order valence-corrected chi connectivity index (χ0v) is 17.4. The fourth-order valence-electron chi connectivity index (χ4n) is 2.71. The van der Waals surface area contributed by atoms with Crippen molar-refractivity contribution in [3.63, 3.8) is 0 Å². The van der Waals surface area contributed by atoms with Crippen LogP contribution < -0.4 is 5.32 Å². The number of nitrogens with one attached hydrogen (secondary N) is 1. The number of sulfone groups is 1. The summed E-state index contributed by atoms with van der Waals surface area (Å²) in [5.41, 5.74) is 3.13. The number of rotatable bonds is 6. The lowest BCUT2D eigenvalue weighted by molar-refractivity contribution is -0.117. The van der Waals surface area contributed by atoms with Crippen molar-refractivity contribution in [3.8, 4) is 0 Å². The zero-order valence-electron chi connectivity index (χ0n) is 16.6. The molecular weight excluding hydrogens is 360 g/mol. The molecule has 2 aromatic rings. The Labute approximate surface area is 162 Å². The van der Waals surface area contributed by atoms with Gasteiger partial charge in [-0.2, -0.15) is 0 Å². The second-order valence-electron chi connectivity index (χ2n) is 7.96. The SMILES string of the molecule is CN(CC(=O)Nc1ccc(S(C)(=O)=O)cc1)Cc1ccc(C(C)(C)C)cc1. The molecule has 2 aromatic carbocycles. The molecule has 0 aliphatic heterocycles. The first kappa shape index (κ1) is 21.1. The molecule has 0 fully saturated rings. The molecule has 0 spiro atoms. The minimum Gasteiger partial charge on any atom is -0.325 e. The van der Waals surface area contributed by atoms with Gasteiger partial charge in [-0.05, 0) is 47.9 Å². The number of likely N-dealkylation sites (N-methyl/N-ethyl adjacent to an activating group) is 1. The van der Waals surface area contributed by atoms with Crippen molar-refractivity contribution in [2.45, 2.75) is 37.6 Å². The van der Waals surface area contributed by atoms with E-state index < -0.39 is 9.84 Å². The number of benzene rings is 2. The predicted molar refractivity (Wildman–Crippen MR) is 110 cm³/mol. The zero-order chi connectivity index (χ0) is 20.2. The second-order valence-corrected chi connectivity index (χ2v) is 9.98. The number of hydrogen-bond donors (Lipinski definition) is 1. The average Bonchev–Trinajstić information content (AvgIpc) is 2.53. The van der Waals surface area contributed by atoms with Crippen molar-refractivity contribution < 1.29 is 13.2 Å². The molecule has 146 valence electrons. The minimum absolute atomic E-state index is 0.122. The Morgan fingerprint density at radius 1 is 1.00 bits per heavy atom. The van der Waals surface area contributed by atoms with Gasteiger partial charge in [0.1, 0.15) is 0 Å². The third-order valence-electron chi connectivity index (χ3n) is 4.25. The first-order valence-electron chi connectivity index (χ1n) is 8.83. The number of amides is 1. The van der Waals surface area contributed by atoms with Gasteiger partial charge in [0.05, 0.1) is 11.4 Å². The van der Waals surface area contributed by atoms with Crippen molar-refractivity contribution in [3.05, 3.63) is 59.7 Å². The van der Waals surface area contributed by atoms with Gasteiger partial charge in [-0.15, -0.1) is 0 Å². The quantitative estimate of drug-likeness (QED) is 0.823. The second kappa shape index (κ2) is 8.23. The molecule has 0 aliphatic rings. The molecule has 0 saturated carbocycles. The Kier molecular flexibility index (Phi) is 6.44. The van der Waals surface area contributed by atoms with Gasteiger partial charge in [0.2, 0.25) is 5.91 Å². The van der Waals surface area contributed by atoms with E-state index >= 15 is 0 Å². The van der Waals surface area contributed by atoms with Crippen LogP contribution in [-0.4, -0.2) is 39.1 Å². The van der Waals surface area contributed by atoms with E-state index in [1.807, 2.05) is 11.9 Å². The third-order valence-corrected chi connectivity index (χ3v) is 5.38. The van der Waals surface area contributed by atoms with Gasteiger partial charge in [0.15, 0.2) is 9.84 Å². The highest BCUT2D eigenvalue weighted by Gasteiger charge is 2.14. The fourth-order valence-corrected chi connectivity index (χ4v) is 3.34. The summed E-state index contributed by atoms with van der Waals surface area (Å²) in [5.74, 6) is -0.143. The number of nitrogens with zero attached hydrogens (tertiary/aromatic N) is 1. The van der Waals surface area contributed by atoms with E-state index in [1.165, 1.54) is 17.7 Å². The van der Waals surface area contributed by atoms with Crippen LogP contribution in [0, 0.1) is 0 Å². The van der Waals surface area contributed by atoms with E-state index in [2.05, 4.69) is 50.4 Å². The van der Waals surface area contributed by atoms with Crippen LogP contribution in [0.3, 0.4) is 0 Å². The Morgan fingerprint density at radius 2 is 1.56 bits per heavy atom. The van der Waals surface area contributed by atoms with Crippen molar-refractivity contribution in [1.29, 1.82) is 0 Å². The number of hydrogen-bond acceptors (Lipinski definition) is 4. The Morgan fingerprint density at radius 3 is 2.04 bits per heavy atom. The summed E-state index contributed by atoms with van der Waals surface area (Å²) in [6, 6.07) is 14.6. The van der Waals surface area contributed by atoms with E-state index in [4.69, 9.17) is 0 Å². The van der Waals surface area contributed by atoms with Crippen LogP contribution in [0.4, 0.5) is 5.69 Å². The summed E-state index contributed by atoms with van der Waals surface area (Å²) in [4.78, 5) is 14.4. The lowest BCUT2D eigenvalue weighted by Crippen LogP contribution is -2.29. The van der Waals surface area contributed by atoms with E-state index in [0.717, 1.165) is 11.8 Å². The summed E-state index contributed by atoms with van der Waals surface area (Å²) >= 11 is 0. The highest BCUT2D eigenvalue weighted by molar-refractivity contribution is 7.90. The molecule has 1 N–H and O–H groups in total. The van der Waals surface area contributed by atoms with Gasteiger partial charge in [-0.3, -0.25) is 9.69 Å². The largest absolute Gasteiger partial charge is 0.325 e. The lowest BCUT2D eigenvalue weighted by atomic mass is 9.87. The third kappa shape index (κ3) is 6.48. The smallest absolute Gasteiger partial charge is 0.238 e. The van der Waals surface area contributed by atoms with Crippen molar-refractivity contribution in [1.82, 2.24) is 4.90 Å². The molecule has 0 radical (unpaired) electrons. The van der Waals surface area contributed by atoms with Gasteiger partial charge in [0.25, 0.3) is 0 Å². The summed E-state index contributed by atoms with van der Waals surface area (Å²) in [7, 11) is -1.34. The fraction of sp³-hybridized carbons (Fsp3) is 0.381. The van der Waals surface area contributed by atoms with E-state index in [9.17, 15) is 13.2 Å². The summed E-state index contributed by atoms with van der Waals surface area (Å²) in [6.45, 7) is 7.46. The maximum Gasteiger partial charge on any atom is 0.238 e. The van der Waals surface area contributed by atoms with Crippen molar-refractivity contribution >= 4 is 21.4 Å². The number of carbonyl (C=O) groups excluding carboxylic acids is 1. The van der Waals surface area contributed by atoms with Crippen molar-refractivity contribution in [2.24, 2.45) is 0 Å². The topological polar surface area (TPSA) is 66.5 Å². The molecule has 5 nitrogen and oxygen atoms in total.